The van der Waals surface area contributed by atoms with E-state index in [1.165, 1.54) is 12.1 Å². The summed E-state index contributed by atoms with van der Waals surface area (Å²) in [4.78, 5) is 6.38. The molecule has 2 aliphatic rings. The quantitative estimate of drug-likeness (QED) is 0.146. The molecule has 1 aliphatic carbocycles. The molecule has 1 fully saturated rings. The third-order valence-corrected chi connectivity index (χ3v) is 9.27. The van der Waals surface area contributed by atoms with Gasteiger partial charge in [0, 0.05) is 6.42 Å². The predicted molar refractivity (Wildman–Crippen MR) is 166 cm³/mol. The van der Waals surface area contributed by atoms with E-state index in [-0.39, 0.29) is 18.8 Å². The zero-order chi connectivity index (χ0) is 30.2. The molecule has 0 amide bonds. The van der Waals surface area contributed by atoms with E-state index in [1.54, 1.807) is 12.3 Å². The van der Waals surface area contributed by atoms with Gasteiger partial charge < -0.3 is 19.0 Å². The average Bonchev–Trinajstić information content (AvgIpc) is 3.31. The first kappa shape index (κ1) is 30.7. The van der Waals surface area contributed by atoms with Crippen LogP contribution in [0.5, 0.6) is 0 Å². The van der Waals surface area contributed by atoms with Crippen molar-refractivity contribution in [1.82, 2.24) is 5.48 Å². The van der Waals surface area contributed by atoms with Crippen molar-refractivity contribution in [2.45, 2.75) is 70.0 Å². The molecule has 42 heavy (non-hydrogen) atoms. The molecule has 2 unspecified atom stereocenters. The van der Waals surface area contributed by atoms with Gasteiger partial charge in [0.1, 0.15) is 18.3 Å². The van der Waals surface area contributed by atoms with Gasteiger partial charge in [0.25, 0.3) is 0 Å². The van der Waals surface area contributed by atoms with Crippen LogP contribution in [0, 0.1) is 5.82 Å². The van der Waals surface area contributed by atoms with Crippen molar-refractivity contribution in [2.75, 3.05) is 6.26 Å². The van der Waals surface area contributed by atoms with Gasteiger partial charge in [-0.25, -0.2) is 4.39 Å². The van der Waals surface area contributed by atoms with E-state index in [9.17, 15) is 14.0 Å². The molecule has 1 saturated heterocycles. The Kier molecular flexibility index (Phi) is 8.84. The molecule has 0 saturated carbocycles. The molecule has 3 aromatic rings. The maximum absolute atomic E-state index is 14.3. The maximum Gasteiger partial charge on any atom is 0.494 e. The van der Waals surface area contributed by atoms with Crippen molar-refractivity contribution in [2.24, 2.45) is 0 Å². The summed E-state index contributed by atoms with van der Waals surface area (Å²) in [7, 11) is -0.430. The molecule has 1 aliphatic heterocycles. The maximum atomic E-state index is 14.3. The molecule has 0 bridgehead atoms. The van der Waals surface area contributed by atoms with E-state index in [0.29, 0.717) is 0 Å². The molecule has 0 aromatic heterocycles. The molecule has 9 heteroatoms. The first-order valence-electron chi connectivity index (χ1n) is 14.0. The molecule has 0 radical (unpaired) electrons. The van der Waals surface area contributed by atoms with E-state index in [2.05, 4.69) is 5.48 Å². The second-order valence-corrected chi connectivity index (χ2v) is 13.2. The van der Waals surface area contributed by atoms with Crippen molar-refractivity contribution in [3.63, 3.8) is 0 Å². The lowest BCUT2D eigenvalue weighted by Crippen LogP contribution is -2.41. The lowest BCUT2D eigenvalue weighted by Gasteiger charge is -2.32. The number of allylic oxidation sites excluding steroid dienone is 2. The Morgan fingerprint density at radius 3 is 2.26 bits per heavy atom. The van der Waals surface area contributed by atoms with Gasteiger partial charge in [-0.15, -0.1) is 0 Å². The van der Waals surface area contributed by atoms with Crippen LogP contribution < -0.4 is 10.9 Å². The van der Waals surface area contributed by atoms with Gasteiger partial charge in [-0.1, -0.05) is 30.3 Å². The van der Waals surface area contributed by atoms with Crippen LogP contribution in [0.3, 0.4) is 0 Å². The van der Waals surface area contributed by atoms with Crippen molar-refractivity contribution in [1.29, 1.82) is 0 Å². The fraction of sp³-hybridized carbons (Fsp3) is 0.333. The zero-order valence-corrected chi connectivity index (χ0v) is 25.7. The van der Waals surface area contributed by atoms with Gasteiger partial charge in [-0.3, -0.25) is 4.84 Å². The third-order valence-electron chi connectivity index (χ3n) is 8.34. The molecule has 2 atom stereocenters. The van der Waals surface area contributed by atoms with E-state index in [1.807, 2.05) is 89.2 Å². The molecule has 0 spiro atoms. The van der Waals surface area contributed by atoms with Crippen molar-refractivity contribution < 1.29 is 28.2 Å². The highest BCUT2D eigenvalue weighted by atomic mass is 32.2. The number of rotatable bonds is 9. The number of halogens is 1. The number of hydrogen-bond acceptors (Lipinski definition) is 6. The summed E-state index contributed by atoms with van der Waals surface area (Å²) in [5.41, 5.74) is 9.13. The summed E-state index contributed by atoms with van der Waals surface area (Å²) < 4.78 is 38.3. The molecule has 5 rings (SSSR count). The SMILES string of the molecule is CC1=C(CC(O)NOCc2ccc(B3OC(C)(C)C(C)(C)O3)cc2)c2cc(F)ccc2/C1=C/c1ccc([S+](C)[O-])cc1. The largest absolute Gasteiger partial charge is 0.612 e. The summed E-state index contributed by atoms with van der Waals surface area (Å²) in [5.74, 6) is -0.335. The highest BCUT2D eigenvalue weighted by molar-refractivity contribution is 7.90. The highest BCUT2D eigenvalue weighted by Crippen LogP contribution is 2.44. The Morgan fingerprint density at radius 2 is 1.64 bits per heavy atom. The van der Waals surface area contributed by atoms with Crippen LogP contribution >= 0.6 is 0 Å². The van der Waals surface area contributed by atoms with Crippen molar-refractivity contribution in [3.8, 4) is 0 Å². The Labute approximate surface area is 250 Å². The van der Waals surface area contributed by atoms with Gasteiger partial charge in [0.2, 0.25) is 0 Å². The average molecular weight is 590 g/mol. The Morgan fingerprint density at radius 1 is 1.00 bits per heavy atom. The monoisotopic (exact) mass is 589 g/mol. The van der Waals surface area contributed by atoms with Crippen LogP contribution in [0.25, 0.3) is 17.2 Å². The first-order valence-corrected chi connectivity index (χ1v) is 15.6. The number of fused-ring (bicyclic) bond motifs is 1. The molecule has 220 valence electrons. The van der Waals surface area contributed by atoms with E-state index in [0.717, 1.165) is 49.3 Å². The first-order chi connectivity index (χ1) is 19.8. The minimum absolute atomic E-state index is 0.230. The number of benzene rings is 3. The minimum Gasteiger partial charge on any atom is -0.612 e. The fourth-order valence-electron chi connectivity index (χ4n) is 5.15. The lowest BCUT2D eigenvalue weighted by atomic mass is 9.79. The topological polar surface area (TPSA) is 83.0 Å². The summed E-state index contributed by atoms with van der Waals surface area (Å²) in [6, 6.07) is 20.1. The summed E-state index contributed by atoms with van der Waals surface area (Å²) >= 11 is -1.05. The smallest absolute Gasteiger partial charge is 0.494 e. The summed E-state index contributed by atoms with van der Waals surface area (Å²) in [6.07, 6.45) is 2.91. The van der Waals surface area contributed by atoms with Crippen LogP contribution in [0.15, 0.2) is 77.2 Å². The lowest BCUT2D eigenvalue weighted by molar-refractivity contribution is -0.0628. The van der Waals surface area contributed by atoms with Crippen LogP contribution in [-0.4, -0.2) is 40.5 Å². The Hall–Kier alpha value is -2.76. The number of hydroxylamine groups is 1. The number of aliphatic hydroxyl groups excluding tert-OH is 1. The Bertz CT molecular complexity index is 1490. The van der Waals surface area contributed by atoms with E-state index >= 15 is 0 Å². The highest BCUT2D eigenvalue weighted by Gasteiger charge is 2.51. The van der Waals surface area contributed by atoms with Crippen molar-refractivity contribution >= 4 is 41.0 Å². The van der Waals surface area contributed by atoms with Crippen LogP contribution in [0.2, 0.25) is 0 Å². The van der Waals surface area contributed by atoms with Crippen LogP contribution in [-0.2, 0) is 31.9 Å². The molecule has 1 heterocycles. The number of nitrogens with one attached hydrogen (secondary N) is 1. The normalized spacial score (nSPS) is 19.8. The van der Waals surface area contributed by atoms with Gasteiger partial charge in [-0.2, -0.15) is 5.48 Å². The summed E-state index contributed by atoms with van der Waals surface area (Å²) in [6.45, 7) is 10.3. The van der Waals surface area contributed by atoms with E-state index < -0.39 is 35.7 Å². The second-order valence-electron chi connectivity index (χ2n) is 11.8. The van der Waals surface area contributed by atoms with Crippen LogP contribution in [0.1, 0.15) is 63.3 Å². The van der Waals surface area contributed by atoms with Gasteiger partial charge in [0.05, 0.1) is 17.8 Å². The Balaban J connectivity index is 1.23. The second kappa shape index (κ2) is 12.1. The summed E-state index contributed by atoms with van der Waals surface area (Å²) in [5, 5.41) is 10.8. The van der Waals surface area contributed by atoms with Crippen LogP contribution in [0.4, 0.5) is 4.39 Å². The standard InChI is InChI=1S/C33H37BFNO5S/c1-21-28(17-22-9-14-26(15-10-22)42(6)38)27-16-13-25(35)18-30(27)29(21)19-31(37)36-39-20-23-7-11-24(12-8-23)34-40-32(2,3)33(4,5)41-34/h7-18,31,36-37H,19-20H2,1-6H3/b28-17+. The van der Waals surface area contributed by atoms with Gasteiger partial charge in [-0.05, 0) is 133 Å². The molecular weight excluding hydrogens is 552 g/mol. The predicted octanol–water partition coefficient (Wildman–Crippen LogP) is 5.62. The van der Waals surface area contributed by atoms with Crippen molar-refractivity contribution in [3.05, 3.63) is 100 Å². The molecule has 6 nitrogen and oxygen atoms in total. The van der Waals surface area contributed by atoms with E-state index in [4.69, 9.17) is 14.1 Å². The zero-order valence-electron chi connectivity index (χ0n) is 24.9. The number of hydrogen-bond donors (Lipinski definition) is 2. The molecular formula is C33H37BFNO5S. The molecule has 2 N–H and O–H groups in total. The third kappa shape index (κ3) is 6.43. The van der Waals surface area contributed by atoms with Gasteiger partial charge >= 0.3 is 7.12 Å². The molecule has 3 aromatic carbocycles. The number of aliphatic hydroxyl groups is 1. The fourth-order valence-corrected chi connectivity index (χ4v) is 5.66. The minimum atomic E-state index is -1.05. The van der Waals surface area contributed by atoms with Gasteiger partial charge in [0.15, 0.2) is 4.90 Å².